The minimum atomic E-state index is -0.512. The molecule has 2 aromatic rings. The Bertz CT molecular complexity index is 689. The number of aliphatic hydroxyl groups is 2. The molecular formula is C20H24BrNO2. The standard InChI is InChI=1S/C20H24BrNO2/c1-14(24)20(22-19(13-23)15-6-3-2-4-7-15)11-10-17-16(12-20)8-5-9-18(17)21/h2-9,14,19,22-24H,10-13H2,1H3. The number of fused-ring (bicyclic) bond motifs is 1. The highest BCUT2D eigenvalue weighted by atomic mass is 79.9. The van der Waals surface area contributed by atoms with Crippen molar-refractivity contribution in [3.05, 3.63) is 69.7 Å². The summed E-state index contributed by atoms with van der Waals surface area (Å²) in [5.41, 5.74) is 3.20. The third-order valence-corrected chi connectivity index (χ3v) is 5.93. The van der Waals surface area contributed by atoms with E-state index in [0.29, 0.717) is 0 Å². The number of aliphatic hydroxyl groups excluding tert-OH is 2. The summed E-state index contributed by atoms with van der Waals surface area (Å²) in [6.45, 7) is 1.85. The van der Waals surface area contributed by atoms with Crippen LogP contribution < -0.4 is 5.32 Å². The minimum Gasteiger partial charge on any atom is -0.394 e. The van der Waals surface area contributed by atoms with Crippen LogP contribution in [0.5, 0.6) is 0 Å². The molecule has 0 aliphatic heterocycles. The van der Waals surface area contributed by atoms with Gasteiger partial charge in [0.2, 0.25) is 0 Å². The molecule has 128 valence electrons. The summed E-state index contributed by atoms with van der Waals surface area (Å²) in [6.07, 6.45) is 1.98. The average molecular weight is 390 g/mol. The maximum Gasteiger partial charge on any atom is 0.0697 e. The van der Waals surface area contributed by atoms with Gasteiger partial charge in [0.15, 0.2) is 0 Å². The Morgan fingerprint density at radius 3 is 2.58 bits per heavy atom. The lowest BCUT2D eigenvalue weighted by Crippen LogP contribution is -2.58. The van der Waals surface area contributed by atoms with Gasteiger partial charge in [0.1, 0.15) is 0 Å². The van der Waals surface area contributed by atoms with Crippen molar-refractivity contribution in [2.45, 2.75) is 43.9 Å². The highest BCUT2D eigenvalue weighted by Gasteiger charge is 2.40. The van der Waals surface area contributed by atoms with Crippen molar-refractivity contribution in [1.29, 1.82) is 0 Å². The highest BCUT2D eigenvalue weighted by molar-refractivity contribution is 9.10. The molecule has 0 saturated carbocycles. The summed E-state index contributed by atoms with van der Waals surface area (Å²) in [4.78, 5) is 0. The van der Waals surface area contributed by atoms with Gasteiger partial charge in [-0.1, -0.05) is 58.4 Å². The molecule has 1 aliphatic rings. The lowest BCUT2D eigenvalue weighted by atomic mass is 9.74. The predicted molar refractivity (Wildman–Crippen MR) is 100.0 cm³/mol. The topological polar surface area (TPSA) is 52.5 Å². The Morgan fingerprint density at radius 1 is 1.17 bits per heavy atom. The molecule has 0 aromatic heterocycles. The maximum absolute atomic E-state index is 10.6. The van der Waals surface area contributed by atoms with Crippen molar-refractivity contribution in [3.63, 3.8) is 0 Å². The number of halogens is 1. The van der Waals surface area contributed by atoms with Crippen LogP contribution in [0, 0.1) is 0 Å². The molecule has 0 fully saturated rings. The van der Waals surface area contributed by atoms with E-state index in [1.165, 1.54) is 11.1 Å². The molecule has 0 saturated heterocycles. The highest BCUT2D eigenvalue weighted by Crippen LogP contribution is 2.36. The van der Waals surface area contributed by atoms with E-state index in [2.05, 4.69) is 33.4 Å². The number of nitrogens with one attached hydrogen (secondary N) is 1. The van der Waals surface area contributed by atoms with E-state index in [4.69, 9.17) is 0 Å². The van der Waals surface area contributed by atoms with Gasteiger partial charge in [-0.05, 0) is 48.9 Å². The first kappa shape index (κ1) is 17.6. The molecule has 2 aromatic carbocycles. The third-order valence-electron chi connectivity index (χ3n) is 5.19. The molecule has 3 N–H and O–H groups in total. The third kappa shape index (κ3) is 3.42. The number of hydrogen-bond donors (Lipinski definition) is 3. The van der Waals surface area contributed by atoms with Gasteiger partial charge in [0, 0.05) is 10.0 Å². The van der Waals surface area contributed by atoms with E-state index in [9.17, 15) is 10.2 Å². The molecule has 3 unspecified atom stereocenters. The molecule has 3 atom stereocenters. The summed E-state index contributed by atoms with van der Waals surface area (Å²) in [7, 11) is 0. The molecule has 3 rings (SSSR count). The molecule has 1 aliphatic carbocycles. The van der Waals surface area contributed by atoms with Crippen LogP contribution in [0.4, 0.5) is 0 Å². The second-order valence-electron chi connectivity index (χ2n) is 6.68. The zero-order valence-corrected chi connectivity index (χ0v) is 15.5. The van der Waals surface area contributed by atoms with E-state index >= 15 is 0 Å². The van der Waals surface area contributed by atoms with Gasteiger partial charge in [-0.2, -0.15) is 0 Å². The van der Waals surface area contributed by atoms with Crippen molar-refractivity contribution < 1.29 is 10.2 Å². The molecule has 3 nitrogen and oxygen atoms in total. The van der Waals surface area contributed by atoms with E-state index in [1.807, 2.05) is 43.3 Å². The first-order valence-electron chi connectivity index (χ1n) is 8.43. The molecule has 0 heterocycles. The van der Waals surface area contributed by atoms with Crippen molar-refractivity contribution >= 4 is 15.9 Å². The number of rotatable bonds is 5. The number of hydrogen-bond acceptors (Lipinski definition) is 3. The second kappa shape index (κ2) is 7.36. The summed E-state index contributed by atoms with van der Waals surface area (Å²) in [5, 5.41) is 24.0. The summed E-state index contributed by atoms with van der Waals surface area (Å²) in [6, 6.07) is 16.0. The Labute approximate surface area is 151 Å². The summed E-state index contributed by atoms with van der Waals surface area (Å²) < 4.78 is 1.14. The van der Waals surface area contributed by atoms with Crippen LogP contribution in [0.2, 0.25) is 0 Å². The minimum absolute atomic E-state index is 0.00379. The maximum atomic E-state index is 10.6. The Morgan fingerprint density at radius 2 is 1.92 bits per heavy atom. The lowest BCUT2D eigenvalue weighted by molar-refractivity contribution is 0.0462. The van der Waals surface area contributed by atoms with E-state index < -0.39 is 11.6 Å². The van der Waals surface area contributed by atoms with Crippen LogP contribution in [0.15, 0.2) is 53.0 Å². The Kier molecular flexibility index (Phi) is 5.40. The molecular weight excluding hydrogens is 366 g/mol. The molecule has 24 heavy (non-hydrogen) atoms. The van der Waals surface area contributed by atoms with Crippen molar-refractivity contribution in [2.75, 3.05) is 6.61 Å². The second-order valence-corrected chi connectivity index (χ2v) is 7.53. The first-order valence-corrected chi connectivity index (χ1v) is 9.23. The van der Waals surface area contributed by atoms with Crippen molar-refractivity contribution in [3.8, 4) is 0 Å². The van der Waals surface area contributed by atoms with Gasteiger partial charge in [0.05, 0.1) is 18.8 Å². The first-order chi connectivity index (χ1) is 11.6. The van der Waals surface area contributed by atoms with Gasteiger partial charge in [-0.15, -0.1) is 0 Å². The fourth-order valence-corrected chi connectivity index (χ4v) is 4.30. The quantitative estimate of drug-likeness (QED) is 0.734. The molecule has 0 amide bonds. The molecule has 0 radical (unpaired) electrons. The van der Waals surface area contributed by atoms with Crippen LogP contribution in [-0.2, 0) is 12.8 Å². The van der Waals surface area contributed by atoms with E-state index in [0.717, 1.165) is 29.3 Å². The number of benzene rings is 2. The predicted octanol–water partition coefficient (Wildman–Crippen LogP) is 3.38. The van der Waals surface area contributed by atoms with Crippen LogP contribution in [-0.4, -0.2) is 28.5 Å². The average Bonchev–Trinajstić information content (AvgIpc) is 2.60. The van der Waals surface area contributed by atoms with Gasteiger partial charge < -0.3 is 10.2 Å². The monoisotopic (exact) mass is 389 g/mol. The normalized spacial score (nSPS) is 22.7. The van der Waals surface area contributed by atoms with Crippen LogP contribution in [0.1, 0.15) is 36.1 Å². The lowest BCUT2D eigenvalue weighted by Gasteiger charge is -2.44. The van der Waals surface area contributed by atoms with Gasteiger partial charge in [0.25, 0.3) is 0 Å². The Hall–Kier alpha value is -1.20. The molecule has 4 heteroatoms. The van der Waals surface area contributed by atoms with Crippen molar-refractivity contribution in [1.82, 2.24) is 5.32 Å². The Balaban J connectivity index is 1.90. The SMILES string of the molecule is CC(O)C1(NC(CO)c2ccccc2)CCc2c(Br)cccc2C1. The zero-order chi connectivity index (χ0) is 17.2. The van der Waals surface area contributed by atoms with Crippen LogP contribution in [0.3, 0.4) is 0 Å². The smallest absolute Gasteiger partial charge is 0.0697 e. The molecule has 0 spiro atoms. The largest absolute Gasteiger partial charge is 0.394 e. The van der Waals surface area contributed by atoms with Gasteiger partial charge >= 0.3 is 0 Å². The fraction of sp³-hybridized carbons (Fsp3) is 0.400. The van der Waals surface area contributed by atoms with E-state index in [1.54, 1.807) is 0 Å². The summed E-state index contributed by atoms with van der Waals surface area (Å²) in [5.74, 6) is 0. The zero-order valence-electron chi connectivity index (χ0n) is 13.9. The summed E-state index contributed by atoms with van der Waals surface area (Å²) >= 11 is 3.63. The molecule has 0 bridgehead atoms. The van der Waals surface area contributed by atoms with Gasteiger partial charge in [-0.3, -0.25) is 5.32 Å². The van der Waals surface area contributed by atoms with Crippen LogP contribution in [0.25, 0.3) is 0 Å². The van der Waals surface area contributed by atoms with E-state index in [-0.39, 0.29) is 12.6 Å². The van der Waals surface area contributed by atoms with Crippen LogP contribution >= 0.6 is 15.9 Å². The van der Waals surface area contributed by atoms with Gasteiger partial charge in [-0.25, -0.2) is 0 Å². The fourth-order valence-electron chi connectivity index (χ4n) is 3.69. The van der Waals surface area contributed by atoms with Crippen molar-refractivity contribution in [2.24, 2.45) is 0 Å².